The fourth-order valence-corrected chi connectivity index (χ4v) is 17.2. The van der Waals surface area contributed by atoms with Gasteiger partial charge in [-0.05, 0) is 189 Å². The first-order chi connectivity index (χ1) is 51.6. The van der Waals surface area contributed by atoms with Crippen molar-refractivity contribution in [1.82, 2.24) is 0 Å². The maximum atomic E-state index is 2.47. The van der Waals surface area contributed by atoms with Gasteiger partial charge in [-0.3, -0.25) is 0 Å². The molecule has 0 saturated carbocycles. The Morgan fingerprint density at radius 3 is 0.856 bits per heavy atom. The van der Waals surface area contributed by atoms with E-state index in [4.69, 9.17) is 0 Å². The standard InChI is InChI=1S/C102H70N2/c1-6-26-71(27-7-1)73-54-62-85(63-55-73)103(97-48-24-46-95-99(97)91-41-18-20-44-93(91)101(95,81-32-8-2-9-33-81)82-34-10-3-11-35-82)87-66-58-76(59-67-87)80-31-22-30-79(70-80)75-52-50-72(51-53-75)74-56-64-86(65-57-74)104(88-68-60-78(61-69-88)90-43-23-29-77-28-16-17-40-89(77)90)98-49-25-47-96-100(98)92-42-19-21-45-94(92)102(96,83-36-12-4-13-37-83)84-38-14-5-15-39-84/h1-70H. The van der Waals surface area contributed by atoms with Gasteiger partial charge in [0.25, 0.3) is 0 Å². The Balaban J connectivity index is 0.660. The molecule has 2 heteroatoms. The predicted molar refractivity (Wildman–Crippen MR) is 435 cm³/mol. The highest BCUT2D eigenvalue weighted by molar-refractivity contribution is 6.01. The molecule has 17 aromatic carbocycles. The summed E-state index contributed by atoms with van der Waals surface area (Å²) in [5.74, 6) is 0. The molecule has 0 bridgehead atoms. The van der Waals surface area contributed by atoms with E-state index >= 15 is 0 Å². The van der Waals surface area contributed by atoms with Gasteiger partial charge in [-0.2, -0.15) is 0 Å². The number of fused-ring (bicyclic) bond motifs is 7. The topological polar surface area (TPSA) is 6.48 Å². The quantitative estimate of drug-likeness (QED) is 0.101. The van der Waals surface area contributed by atoms with Crippen LogP contribution in [0, 0.1) is 0 Å². The maximum Gasteiger partial charge on any atom is 0.0714 e. The second-order valence-corrected chi connectivity index (χ2v) is 27.4. The van der Waals surface area contributed by atoms with Crippen molar-refractivity contribution in [2.75, 3.05) is 9.80 Å². The molecule has 0 heterocycles. The van der Waals surface area contributed by atoms with E-state index in [-0.39, 0.29) is 0 Å². The Labute approximate surface area is 608 Å². The van der Waals surface area contributed by atoms with E-state index in [0.29, 0.717) is 0 Å². The zero-order valence-electron chi connectivity index (χ0n) is 57.3. The van der Waals surface area contributed by atoms with Gasteiger partial charge in [-0.25, -0.2) is 0 Å². The Morgan fingerprint density at radius 1 is 0.173 bits per heavy atom. The number of hydrogen-bond acceptors (Lipinski definition) is 2. The van der Waals surface area contributed by atoms with Crippen LogP contribution < -0.4 is 9.80 Å². The molecule has 0 saturated heterocycles. The van der Waals surface area contributed by atoms with Crippen LogP contribution in [0.2, 0.25) is 0 Å². The Morgan fingerprint density at radius 2 is 0.442 bits per heavy atom. The van der Waals surface area contributed by atoms with Crippen molar-refractivity contribution in [2.24, 2.45) is 0 Å². The summed E-state index contributed by atoms with van der Waals surface area (Å²) >= 11 is 0. The molecule has 2 nitrogen and oxygen atoms in total. The van der Waals surface area contributed by atoms with Crippen LogP contribution in [0.25, 0.3) is 88.7 Å². The van der Waals surface area contributed by atoms with Gasteiger partial charge < -0.3 is 9.80 Å². The number of benzene rings is 17. The molecule has 0 N–H and O–H groups in total. The molecule has 0 atom stereocenters. The van der Waals surface area contributed by atoms with Gasteiger partial charge in [0.1, 0.15) is 0 Å². The lowest BCUT2D eigenvalue weighted by Gasteiger charge is -2.34. The highest BCUT2D eigenvalue weighted by atomic mass is 15.2. The SMILES string of the molecule is c1ccc(-c2ccc(N(c3ccc(-c4cccc(-c5ccc(-c6ccc(N(c7ccc(-c8cccc9ccccc89)cc7)c7cccc8c7-c7ccccc7C8(c7ccccc7)c7ccccc7)cc6)cc5)c4)cc3)c3cccc4c3-c3ccccc3C4(c3ccccc3)c3ccccc3)cc2)cc1. The summed E-state index contributed by atoms with van der Waals surface area (Å²) in [5, 5.41) is 2.48. The maximum absolute atomic E-state index is 2.47. The lowest BCUT2D eigenvalue weighted by molar-refractivity contribution is 0.768. The van der Waals surface area contributed by atoms with Crippen LogP contribution in [0.1, 0.15) is 44.5 Å². The van der Waals surface area contributed by atoms with Crippen molar-refractivity contribution in [3.8, 4) is 77.9 Å². The molecule has 0 radical (unpaired) electrons. The molecule has 0 unspecified atom stereocenters. The van der Waals surface area contributed by atoms with Gasteiger partial charge >= 0.3 is 0 Å². The van der Waals surface area contributed by atoms with E-state index in [0.717, 1.165) is 67.5 Å². The largest absolute Gasteiger partial charge is 0.310 e. The molecule has 2 aliphatic carbocycles. The van der Waals surface area contributed by atoms with E-state index < -0.39 is 10.8 Å². The number of nitrogens with zero attached hydrogens (tertiary/aromatic N) is 2. The molecule has 0 aliphatic heterocycles. The highest BCUT2D eigenvalue weighted by Gasteiger charge is 2.49. The summed E-state index contributed by atoms with van der Waals surface area (Å²) in [5.41, 5.74) is 32.2. The predicted octanol–water partition coefficient (Wildman–Crippen LogP) is 26.8. The molecule has 104 heavy (non-hydrogen) atoms. The van der Waals surface area contributed by atoms with Crippen LogP contribution >= 0.6 is 0 Å². The summed E-state index contributed by atoms with van der Waals surface area (Å²) < 4.78 is 0. The average Bonchev–Trinajstić information content (AvgIpc) is 1.53. The van der Waals surface area contributed by atoms with Gasteiger partial charge in [-0.15, -0.1) is 0 Å². The Hall–Kier alpha value is -13.4. The zero-order valence-corrected chi connectivity index (χ0v) is 57.3. The molecule has 17 aromatic rings. The van der Waals surface area contributed by atoms with Crippen molar-refractivity contribution >= 4 is 44.9 Å². The summed E-state index contributed by atoms with van der Waals surface area (Å²) in [6.07, 6.45) is 0. The van der Waals surface area contributed by atoms with E-state index in [9.17, 15) is 0 Å². The van der Waals surface area contributed by atoms with Gasteiger partial charge in [0.2, 0.25) is 0 Å². The fraction of sp³-hybridized carbons (Fsp3) is 0.0196. The lowest BCUT2D eigenvalue weighted by atomic mass is 9.68. The van der Waals surface area contributed by atoms with Crippen molar-refractivity contribution in [2.45, 2.75) is 10.8 Å². The third kappa shape index (κ3) is 10.2. The van der Waals surface area contributed by atoms with Crippen LogP contribution in [0.4, 0.5) is 34.1 Å². The fourth-order valence-electron chi connectivity index (χ4n) is 17.2. The Bertz CT molecular complexity index is 5890. The van der Waals surface area contributed by atoms with E-state index in [1.165, 1.54) is 99.8 Å². The molecule has 0 spiro atoms. The monoisotopic (exact) mass is 1320 g/mol. The minimum Gasteiger partial charge on any atom is -0.310 e. The van der Waals surface area contributed by atoms with Crippen molar-refractivity contribution in [3.63, 3.8) is 0 Å². The minimum absolute atomic E-state index is 0.535. The first-order valence-electron chi connectivity index (χ1n) is 36.0. The van der Waals surface area contributed by atoms with Gasteiger partial charge in [-0.1, -0.05) is 358 Å². The molecule has 19 rings (SSSR count). The van der Waals surface area contributed by atoms with Crippen molar-refractivity contribution in [1.29, 1.82) is 0 Å². The summed E-state index contributed by atoms with van der Waals surface area (Å²) in [6.45, 7) is 0. The third-order valence-corrected chi connectivity index (χ3v) is 21.9. The lowest BCUT2D eigenvalue weighted by Crippen LogP contribution is -2.28. The molecular formula is C102H70N2. The number of anilines is 6. The van der Waals surface area contributed by atoms with E-state index in [2.05, 4.69) is 434 Å². The van der Waals surface area contributed by atoms with Crippen LogP contribution in [0.5, 0.6) is 0 Å². The van der Waals surface area contributed by atoms with Crippen molar-refractivity contribution in [3.05, 3.63) is 469 Å². The summed E-state index contributed by atoms with van der Waals surface area (Å²) in [6, 6.07) is 157. The molecule has 0 amide bonds. The van der Waals surface area contributed by atoms with E-state index in [1.807, 2.05) is 0 Å². The highest BCUT2D eigenvalue weighted by Crippen LogP contribution is 2.62. The second-order valence-electron chi connectivity index (χ2n) is 27.4. The second kappa shape index (κ2) is 26.0. The summed E-state index contributed by atoms with van der Waals surface area (Å²) in [7, 11) is 0. The van der Waals surface area contributed by atoms with Crippen LogP contribution in [0.3, 0.4) is 0 Å². The molecular weight excluding hydrogens is 1250 g/mol. The van der Waals surface area contributed by atoms with Crippen LogP contribution in [-0.2, 0) is 10.8 Å². The first-order valence-corrected chi connectivity index (χ1v) is 36.0. The van der Waals surface area contributed by atoms with Gasteiger partial charge in [0, 0.05) is 33.9 Å². The number of hydrogen-bond donors (Lipinski definition) is 0. The molecule has 0 fully saturated rings. The van der Waals surface area contributed by atoms with E-state index in [1.54, 1.807) is 0 Å². The minimum atomic E-state index is -0.543. The van der Waals surface area contributed by atoms with Gasteiger partial charge in [0.05, 0.1) is 22.2 Å². The first kappa shape index (κ1) is 61.7. The average molecular weight is 1320 g/mol. The molecule has 0 aromatic heterocycles. The Kier molecular flexibility index (Phi) is 15.4. The summed E-state index contributed by atoms with van der Waals surface area (Å²) in [4.78, 5) is 4.93. The normalized spacial score (nSPS) is 12.8. The zero-order chi connectivity index (χ0) is 69.0. The third-order valence-electron chi connectivity index (χ3n) is 21.9. The van der Waals surface area contributed by atoms with Crippen LogP contribution in [0.15, 0.2) is 425 Å². The molecule has 488 valence electrons. The van der Waals surface area contributed by atoms with Crippen LogP contribution in [-0.4, -0.2) is 0 Å². The van der Waals surface area contributed by atoms with Gasteiger partial charge in [0.15, 0.2) is 0 Å². The van der Waals surface area contributed by atoms with Crippen molar-refractivity contribution < 1.29 is 0 Å². The smallest absolute Gasteiger partial charge is 0.0714 e. The number of rotatable bonds is 15. The molecule has 2 aliphatic rings.